The number of H-pyrrole nitrogens is 1. The first-order chi connectivity index (χ1) is 11.7. The van der Waals surface area contributed by atoms with E-state index in [0.717, 1.165) is 5.56 Å². The molecule has 0 saturated carbocycles. The molecule has 9 heteroatoms. The Balaban J connectivity index is 1.96. The number of carbonyl (C=O) groups excluding carboxylic acids is 1. The standard InChI is InChI=1S/C16H18BrN3O4S/c1-10-3-4-14(11(2)7-10)25(23,24)19-6-5-15(21)20-13-8-12(17)9-18-16(13)22/h3-4,7-9,19H,5-6H2,1-2H3,(H,18,22)(H,20,21). The Hall–Kier alpha value is -1.97. The zero-order valence-corrected chi connectivity index (χ0v) is 16.1. The van der Waals surface area contributed by atoms with E-state index in [1.165, 1.54) is 18.3 Å². The highest BCUT2D eigenvalue weighted by Crippen LogP contribution is 2.16. The van der Waals surface area contributed by atoms with Gasteiger partial charge < -0.3 is 10.3 Å². The van der Waals surface area contributed by atoms with Gasteiger partial charge >= 0.3 is 0 Å². The van der Waals surface area contributed by atoms with Gasteiger partial charge in [0.05, 0.1) is 4.90 Å². The monoisotopic (exact) mass is 427 g/mol. The van der Waals surface area contributed by atoms with Crippen molar-refractivity contribution in [2.24, 2.45) is 0 Å². The largest absolute Gasteiger partial charge is 0.326 e. The molecule has 7 nitrogen and oxygen atoms in total. The molecule has 134 valence electrons. The fraction of sp³-hybridized carbons (Fsp3) is 0.250. The zero-order valence-electron chi connectivity index (χ0n) is 13.7. The Morgan fingerprint density at radius 1 is 1.24 bits per heavy atom. The molecule has 0 saturated heterocycles. The van der Waals surface area contributed by atoms with Crippen LogP contribution in [0.4, 0.5) is 5.69 Å². The first kappa shape index (κ1) is 19.4. The van der Waals surface area contributed by atoms with Crippen LogP contribution < -0.4 is 15.6 Å². The average Bonchev–Trinajstić information content (AvgIpc) is 2.50. The van der Waals surface area contributed by atoms with Gasteiger partial charge in [-0.2, -0.15) is 0 Å². The molecule has 1 aromatic heterocycles. The van der Waals surface area contributed by atoms with Gasteiger partial charge in [-0.3, -0.25) is 9.59 Å². The van der Waals surface area contributed by atoms with Crippen LogP contribution in [0.1, 0.15) is 17.5 Å². The second-order valence-electron chi connectivity index (χ2n) is 5.53. The van der Waals surface area contributed by atoms with Crippen LogP contribution in [0.15, 0.2) is 44.6 Å². The van der Waals surface area contributed by atoms with Crippen LogP contribution in [0.2, 0.25) is 0 Å². The summed E-state index contributed by atoms with van der Waals surface area (Å²) in [5.74, 6) is -0.466. The molecule has 1 aromatic carbocycles. The van der Waals surface area contributed by atoms with Crippen LogP contribution in [0.3, 0.4) is 0 Å². The molecule has 0 aliphatic heterocycles. The summed E-state index contributed by atoms with van der Waals surface area (Å²) in [4.78, 5) is 26.1. The lowest BCUT2D eigenvalue weighted by Gasteiger charge is -2.10. The molecule has 1 amide bonds. The lowest BCUT2D eigenvalue weighted by atomic mass is 10.2. The van der Waals surface area contributed by atoms with Crippen molar-refractivity contribution in [1.82, 2.24) is 9.71 Å². The van der Waals surface area contributed by atoms with Gasteiger partial charge in [-0.15, -0.1) is 0 Å². The predicted molar refractivity (Wildman–Crippen MR) is 99.1 cm³/mol. The topological polar surface area (TPSA) is 108 Å². The van der Waals surface area contributed by atoms with Crippen LogP contribution in [0.5, 0.6) is 0 Å². The lowest BCUT2D eigenvalue weighted by Crippen LogP contribution is -2.29. The van der Waals surface area contributed by atoms with Crippen LogP contribution in [0, 0.1) is 13.8 Å². The van der Waals surface area contributed by atoms with E-state index in [0.29, 0.717) is 10.0 Å². The average molecular weight is 428 g/mol. The fourth-order valence-corrected chi connectivity index (χ4v) is 3.84. The minimum atomic E-state index is -3.70. The number of aromatic nitrogens is 1. The molecule has 0 fully saturated rings. The molecular weight excluding hydrogens is 410 g/mol. The minimum absolute atomic E-state index is 0.0760. The number of aryl methyl sites for hydroxylation is 2. The Morgan fingerprint density at radius 3 is 2.64 bits per heavy atom. The molecule has 0 spiro atoms. The summed E-state index contributed by atoms with van der Waals surface area (Å²) in [6.07, 6.45) is 1.35. The SMILES string of the molecule is Cc1ccc(S(=O)(=O)NCCC(=O)Nc2cc(Br)c[nH]c2=O)c(C)c1. The zero-order chi connectivity index (χ0) is 18.6. The number of pyridine rings is 1. The van der Waals surface area contributed by atoms with Crippen molar-refractivity contribution in [3.8, 4) is 0 Å². The number of rotatable bonds is 6. The number of carbonyl (C=O) groups is 1. The molecule has 1 heterocycles. The molecule has 3 N–H and O–H groups in total. The summed E-state index contributed by atoms with van der Waals surface area (Å²) in [5.41, 5.74) is 1.26. The van der Waals surface area contributed by atoms with E-state index < -0.39 is 21.5 Å². The molecule has 2 rings (SSSR count). The van der Waals surface area contributed by atoms with E-state index >= 15 is 0 Å². The predicted octanol–water partition coefficient (Wildman–Crippen LogP) is 2.06. The van der Waals surface area contributed by atoms with Crippen LogP contribution in [0.25, 0.3) is 0 Å². The summed E-state index contributed by atoms with van der Waals surface area (Å²) in [7, 11) is -3.70. The van der Waals surface area contributed by atoms with Crippen molar-refractivity contribution in [3.05, 3.63) is 56.4 Å². The fourth-order valence-electron chi connectivity index (χ4n) is 2.24. The number of sulfonamides is 1. The highest BCUT2D eigenvalue weighted by Gasteiger charge is 2.17. The van der Waals surface area contributed by atoms with Crippen molar-refractivity contribution in [2.75, 3.05) is 11.9 Å². The van der Waals surface area contributed by atoms with Gasteiger partial charge in [0.15, 0.2) is 0 Å². The van der Waals surface area contributed by atoms with E-state index in [2.05, 4.69) is 31.0 Å². The molecule has 0 unspecified atom stereocenters. The smallest absolute Gasteiger partial charge is 0.271 e. The van der Waals surface area contributed by atoms with E-state index in [9.17, 15) is 18.0 Å². The maximum absolute atomic E-state index is 12.3. The van der Waals surface area contributed by atoms with Gasteiger partial charge in [-0.05, 0) is 47.5 Å². The maximum Gasteiger partial charge on any atom is 0.271 e. The van der Waals surface area contributed by atoms with Crippen molar-refractivity contribution < 1.29 is 13.2 Å². The first-order valence-corrected chi connectivity index (χ1v) is 9.71. The molecule has 2 aromatic rings. The molecule has 0 aliphatic carbocycles. The van der Waals surface area contributed by atoms with Gasteiger partial charge in [0.1, 0.15) is 5.69 Å². The Kier molecular flexibility index (Phi) is 6.15. The number of halogens is 1. The molecule has 0 aliphatic rings. The second kappa shape index (κ2) is 7.94. The van der Waals surface area contributed by atoms with Crippen LogP contribution in [-0.2, 0) is 14.8 Å². The minimum Gasteiger partial charge on any atom is -0.326 e. The van der Waals surface area contributed by atoms with E-state index in [1.54, 1.807) is 19.1 Å². The molecule has 0 bridgehead atoms. The maximum atomic E-state index is 12.3. The third-order valence-electron chi connectivity index (χ3n) is 3.41. The normalized spacial score (nSPS) is 11.3. The highest BCUT2D eigenvalue weighted by atomic mass is 79.9. The molecular formula is C16H18BrN3O4S. The molecule has 0 radical (unpaired) electrons. The number of amides is 1. The first-order valence-electron chi connectivity index (χ1n) is 7.44. The highest BCUT2D eigenvalue weighted by molar-refractivity contribution is 9.10. The summed E-state index contributed by atoms with van der Waals surface area (Å²) in [6, 6.07) is 6.50. The Labute approximate surface area is 154 Å². The Bertz CT molecular complexity index is 954. The van der Waals surface area contributed by atoms with Gasteiger partial charge in [0, 0.05) is 23.6 Å². The van der Waals surface area contributed by atoms with Crippen LogP contribution in [-0.4, -0.2) is 25.9 Å². The van der Waals surface area contributed by atoms with E-state index in [1.807, 2.05) is 6.92 Å². The summed E-state index contributed by atoms with van der Waals surface area (Å²) in [6.45, 7) is 3.52. The number of hydrogen-bond donors (Lipinski definition) is 3. The number of benzene rings is 1. The number of aromatic amines is 1. The summed E-state index contributed by atoms with van der Waals surface area (Å²) in [5, 5.41) is 2.45. The number of hydrogen-bond acceptors (Lipinski definition) is 4. The summed E-state index contributed by atoms with van der Waals surface area (Å²) >= 11 is 3.19. The second-order valence-corrected chi connectivity index (χ2v) is 8.18. The van der Waals surface area contributed by atoms with E-state index in [4.69, 9.17) is 0 Å². The van der Waals surface area contributed by atoms with Gasteiger partial charge in [0.2, 0.25) is 15.9 Å². The van der Waals surface area contributed by atoms with Crippen LogP contribution >= 0.6 is 15.9 Å². The molecule has 25 heavy (non-hydrogen) atoms. The van der Waals surface area contributed by atoms with E-state index in [-0.39, 0.29) is 23.5 Å². The van der Waals surface area contributed by atoms with Crippen molar-refractivity contribution >= 4 is 37.5 Å². The van der Waals surface area contributed by atoms with Gasteiger partial charge in [-0.25, -0.2) is 13.1 Å². The third-order valence-corrected chi connectivity index (χ3v) is 5.49. The summed E-state index contributed by atoms with van der Waals surface area (Å²) < 4.78 is 27.6. The Morgan fingerprint density at radius 2 is 1.96 bits per heavy atom. The lowest BCUT2D eigenvalue weighted by molar-refractivity contribution is -0.116. The van der Waals surface area contributed by atoms with Crippen molar-refractivity contribution in [2.45, 2.75) is 25.2 Å². The number of nitrogens with one attached hydrogen (secondary N) is 3. The quantitative estimate of drug-likeness (QED) is 0.655. The van der Waals surface area contributed by atoms with Gasteiger partial charge in [0.25, 0.3) is 5.56 Å². The van der Waals surface area contributed by atoms with Gasteiger partial charge in [-0.1, -0.05) is 17.7 Å². The van der Waals surface area contributed by atoms with Crippen molar-refractivity contribution in [1.29, 1.82) is 0 Å². The number of anilines is 1. The third kappa shape index (κ3) is 5.25. The van der Waals surface area contributed by atoms with Crippen molar-refractivity contribution in [3.63, 3.8) is 0 Å². The molecule has 0 atom stereocenters.